The summed E-state index contributed by atoms with van der Waals surface area (Å²) in [6, 6.07) is 29.8. The molecule has 3 heteroatoms. The zero-order chi connectivity index (χ0) is 20.4. The average Bonchev–Trinajstić information content (AvgIpc) is 3.39. The quantitative estimate of drug-likeness (QED) is 0.248. The molecular weight excluding hydrogens is 574 g/mol. The Morgan fingerprint density at radius 1 is 0.800 bits per heavy atom. The molecule has 0 radical (unpaired) electrons. The average molecular weight is 604 g/mol. The molecule has 4 rings (SSSR count). The van der Waals surface area contributed by atoms with E-state index in [4.69, 9.17) is 0 Å². The van der Waals surface area contributed by atoms with Crippen molar-refractivity contribution in [3.05, 3.63) is 96.1 Å². The summed E-state index contributed by atoms with van der Waals surface area (Å²) in [7, 11) is 0. The Labute approximate surface area is 209 Å². The molecule has 0 atom stereocenters. The van der Waals surface area contributed by atoms with E-state index >= 15 is 0 Å². The summed E-state index contributed by atoms with van der Waals surface area (Å²) in [5, 5.41) is 2.64. The summed E-state index contributed by atoms with van der Waals surface area (Å²) in [5.41, 5.74) is 5.28. The predicted molar refractivity (Wildman–Crippen MR) is 122 cm³/mol. The Morgan fingerprint density at radius 2 is 1.37 bits per heavy atom. The molecule has 4 aromatic carbocycles. The third-order valence-electron chi connectivity index (χ3n) is 4.58. The van der Waals surface area contributed by atoms with Crippen LogP contribution >= 0.6 is 0 Å². The van der Waals surface area contributed by atoms with E-state index in [0.29, 0.717) is 0 Å². The van der Waals surface area contributed by atoms with Gasteiger partial charge in [-0.2, -0.15) is 18.2 Å². The summed E-state index contributed by atoms with van der Waals surface area (Å²) < 4.78 is 1.73. The van der Waals surface area contributed by atoms with E-state index in [1.807, 2.05) is 30.3 Å². The van der Waals surface area contributed by atoms with Gasteiger partial charge < -0.3 is 24.8 Å². The maximum absolute atomic E-state index is 2.27. The zero-order valence-corrected chi connectivity index (χ0v) is 23.4. The molecule has 0 aromatic heterocycles. The Bertz CT molecular complexity index is 905. The Hall–Kier alpha value is -1.28. The summed E-state index contributed by atoms with van der Waals surface area (Å²) in [6.07, 6.45) is 2.62. The van der Waals surface area contributed by atoms with Crippen LogP contribution < -0.4 is 24.8 Å². The molecule has 4 aromatic rings. The number of rotatable bonds is 3. The number of hydrogen-bond acceptors (Lipinski definition) is 0. The number of hydrogen-bond donors (Lipinski definition) is 0. The third kappa shape index (κ3) is 9.69. The maximum atomic E-state index is 2.27. The van der Waals surface area contributed by atoms with Crippen molar-refractivity contribution < 1.29 is 48.7 Å². The Morgan fingerprint density at radius 3 is 1.80 bits per heavy atom. The smallest absolute Gasteiger partial charge is 0.0404 e. The molecular formula is C27H30Cl2Hf-2. The van der Waals surface area contributed by atoms with Gasteiger partial charge in [-0.15, -0.1) is 34.5 Å². The standard InChI is InChI=1S/C17H15.C5H5.C5H10.2ClH.Hf/c1-12-7-13(2)9-16(8-12)17-10-14-5-3-4-6-15(14)11-17;1-2-4-5-3-1;1-3-5-4-2;;;/h3-11H,1-2H3;1-5H;3-4H2,1-2H3;2*1H;/q2*-1;;;;+2/p-2. The topological polar surface area (TPSA) is 0 Å². The van der Waals surface area contributed by atoms with E-state index in [-0.39, 0.29) is 24.8 Å². The Kier molecular flexibility index (Phi) is 14.8. The third-order valence-corrected chi connectivity index (χ3v) is 7.12. The molecule has 158 valence electrons. The van der Waals surface area contributed by atoms with Gasteiger partial charge in [0.2, 0.25) is 0 Å². The van der Waals surface area contributed by atoms with Gasteiger partial charge in [0.1, 0.15) is 0 Å². The fourth-order valence-electron chi connectivity index (χ4n) is 3.03. The van der Waals surface area contributed by atoms with Gasteiger partial charge in [-0.05, 0) is 13.8 Å². The van der Waals surface area contributed by atoms with Gasteiger partial charge >= 0.3 is 53.8 Å². The first-order chi connectivity index (χ1) is 13.5. The second kappa shape index (κ2) is 15.5. The monoisotopic (exact) mass is 604 g/mol. The van der Waals surface area contributed by atoms with E-state index in [0.717, 1.165) is 0 Å². The van der Waals surface area contributed by atoms with Crippen LogP contribution in [-0.4, -0.2) is 3.26 Å². The van der Waals surface area contributed by atoms with E-state index in [2.05, 4.69) is 82.3 Å². The van der Waals surface area contributed by atoms with Crippen LogP contribution in [0.3, 0.4) is 0 Å². The molecule has 0 aliphatic carbocycles. The van der Waals surface area contributed by atoms with Crippen LogP contribution in [0.1, 0.15) is 37.8 Å². The normalized spacial score (nSPS) is 9.27. The fourth-order valence-corrected chi connectivity index (χ4v) is 3.03. The molecule has 0 bridgehead atoms. The van der Waals surface area contributed by atoms with Crippen molar-refractivity contribution in [1.82, 2.24) is 0 Å². The van der Waals surface area contributed by atoms with Crippen LogP contribution in [0.25, 0.3) is 21.9 Å². The molecule has 0 unspecified atom stereocenters. The van der Waals surface area contributed by atoms with E-state index in [9.17, 15) is 0 Å². The molecule has 0 aliphatic heterocycles. The zero-order valence-electron chi connectivity index (χ0n) is 18.3. The van der Waals surface area contributed by atoms with Crippen LogP contribution in [0.15, 0.2) is 84.9 Å². The number of fused-ring (bicyclic) bond motifs is 1. The number of benzene rings is 2. The van der Waals surface area contributed by atoms with Crippen molar-refractivity contribution in [1.29, 1.82) is 0 Å². The van der Waals surface area contributed by atoms with E-state index < -0.39 is 0 Å². The van der Waals surface area contributed by atoms with Gasteiger partial charge in [0, 0.05) is 0 Å². The molecule has 0 amide bonds. The van der Waals surface area contributed by atoms with Crippen LogP contribution in [0.4, 0.5) is 0 Å². The van der Waals surface area contributed by atoms with Crippen molar-refractivity contribution >= 4 is 14.0 Å². The molecule has 0 fully saturated rings. The van der Waals surface area contributed by atoms with Gasteiger partial charge in [-0.1, -0.05) is 53.1 Å². The first-order valence-electron chi connectivity index (χ1n) is 10.0. The predicted octanol–water partition coefficient (Wildman–Crippen LogP) is 1.78. The molecule has 30 heavy (non-hydrogen) atoms. The van der Waals surface area contributed by atoms with Gasteiger partial charge in [-0.25, -0.2) is 12.1 Å². The second-order valence-electron chi connectivity index (χ2n) is 7.02. The minimum Gasteiger partial charge on any atom is -1.00 e. The first-order valence-corrected chi connectivity index (χ1v) is 11.8. The Balaban J connectivity index is 0.000000542. The first kappa shape index (κ1) is 28.7. The summed E-state index contributed by atoms with van der Waals surface area (Å²) >= 11 is 1.31. The van der Waals surface area contributed by atoms with Crippen molar-refractivity contribution in [2.75, 3.05) is 0 Å². The van der Waals surface area contributed by atoms with Crippen molar-refractivity contribution in [3.8, 4) is 11.1 Å². The molecule has 0 nitrogen and oxygen atoms in total. The maximum Gasteiger partial charge on any atom is -0.0404 e. The van der Waals surface area contributed by atoms with Crippen LogP contribution in [0, 0.1) is 13.8 Å². The number of halogens is 2. The van der Waals surface area contributed by atoms with Gasteiger partial charge in [-0.3, -0.25) is 0 Å². The van der Waals surface area contributed by atoms with E-state index in [1.165, 1.54) is 69.8 Å². The minimum atomic E-state index is 0. The SMILES string of the molecule is CC[C](=[Hf+2])CC.Cc1cc(C)cc(-c2cc3ccccc3[cH-]2)c1.[Cl-].[Cl-].c1cc[cH-]c1. The second-order valence-corrected chi connectivity index (χ2v) is 9.56. The summed E-state index contributed by atoms with van der Waals surface area (Å²) in [6.45, 7) is 8.76. The summed E-state index contributed by atoms with van der Waals surface area (Å²) in [5.74, 6) is 0. The molecule has 0 heterocycles. The van der Waals surface area contributed by atoms with Gasteiger partial charge in [0.15, 0.2) is 0 Å². The van der Waals surface area contributed by atoms with E-state index in [1.54, 1.807) is 3.26 Å². The van der Waals surface area contributed by atoms with Crippen molar-refractivity contribution in [2.24, 2.45) is 0 Å². The fraction of sp³-hybridized carbons (Fsp3) is 0.222. The van der Waals surface area contributed by atoms with Crippen molar-refractivity contribution in [3.63, 3.8) is 0 Å². The number of aryl methyl sites for hydroxylation is 2. The van der Waals surface area contributed by atoms with Crippen molar-refractivity contribution in [2.45, 2.75) is 40.5 Å². The molecule has 0 spiro atoms. The van der Waals surface area contributed by atoms with Crippen LogP contribution in [-0.2, 0) is 23.9 Å². The molecule has 0 saturated carbocycles. The van der Waals surface area contributed by atoms with Gasteiger partial charge in [0.05, 0.1) is 0 Å². The molecule has 0 aliphatic rings. The molecule has 0 saturated heterocycles. The largest absolute Gasteiger partial charge is 1.00 e. The van der Waals surface area contributed by atoms with Crippen LogP contribution in [0.2, 0.25) is 0 Å². The van der Waals surface area contributed by atoms with Crippen LogP contribution in [0.5, 0.6) is 0 Å². The molecule has 0 N–H and O–H groups in total. The van der Waals surface area contributed by atoms with Gasteiger partial charge in [0.25, 0.3) is 0 Å². The summed E-state index contributed by atoms with van der Waals surface area (Å²) in [4.78, 5) is 0. The minimum absolute atomic E-state index is 0.